The topological polar surface area (TPSA) is 416 Å². The number of benzene rings is 2. The number of H-pyrrole nitrogens is 2. The van der Waals surface area contributed by atoms with Crippen molar-refractivity contribution in [3.63, 3.8) is 0 Å². The van der Waals surface area contributed by atoms with Crippen molar-refractivity contribution >= 4 is 105 Å². The first kappa shape index (κ1) is 71.9. The van der Waals surface area contributed by atoms with Crippen LogP contribution in [0.4, 0.5) is 49.6 Å². The van der Waals surface area contributed by atoms with E-state index in [-0.39, 0.29) is 87.4 Å². The smallest absolute Gasteiger partial charge is 0.471 e. The maximum absolute atomic E-state index is 13.6. The van der Waals surface area contributed by atoms with Gasteiger partial charge in [-0.2, -0.15) is 36.3 Å². The Morgan fingerprint density at radius 1 is 0.565 bits per heavy atom. The second-order valence-corrected chi connectivity index (χ2v) is 21.2. The van der Waals surface area contributed by atoms with Gasteiger partial charge in [0.25, 0.3) is 22.9 Å². The maximum atomic E-state index is 13.6. The number of ether oxygens (including phenoxy) is 3. The number of hydrogen-bond acceptors (Lipinski definition) is 21. The number of nitrogens with one attached hydrogen (secondary N) is 6. The molecule has 2 aromatic carbocycles. The SMILES string of the molecule is COC(=O)[C@H](CCC(=O)O)NC(=O)c1ccc(N(Cc2cnc3nc(NC(=O)C(C)C)[nH]c(=O)c3n2)C(=O)C(F)(F)F)cc1.COC(=O)[C@H](CCC(=O)OC(C)(C)C)NC(=O)c1ccc(N(Cc2cnc3nc(NC(=O)C(C)C)[nH]c(=O)c3n2)C(=O)C(F)(F)F)cc1. The van der Waals surface area contributed by atoms with E-state index in [9.17, 15) is 83.9 Å². The molecule has 0 aliphatic carbocycles. The van der Waals surface area contributed by atoms with Crippen LogP contribution in [0, 0.1) is 11.8 Å². The summed E-state index contributed by atoms with van der Waals surface area (Å²) in [6, 6.07) is 6.07. The second kappa shape index (κ2) is 30.6. The molecule has 0 saturated heterocycles. The van der Waals surface area contributed by atoms with Gasteiger partial charge in [0.05, 0.1) is 51.1 Å². The quantitative estimate of drug-likeness (QED) is 0.0282. The fraction of sp³-hybridized carbons (Fsp3) is 0.393. The van der Waals surface area contributed by atoms with Crippen molar-refractivity contribution in [2.75, 3.05) is 34.7 Å². The minimum Gasteiger partial charge on any atom is -0.481 e. The van der Waals surface area contributed by atoms with Gasteiger partial charge in [-0.1, -0.05) is 27.7 Å². The Bertz CT molecular complexity index is 3890. The van der Waals surface area contributed by atoms with Crippen molar-refractivity contribution in [1.29, 1.82) is 0 Å². The summed E-state index contributed by atoms with van der Waals surface area (Å²) in [5.74, 6) is -11.9. The summed E-state index contributed by atoms with van der Waals surface area (Å²) in [5.41, 5.74) is -4.82. The number of carbonyl (C=O) groups excluding carboxylic acids is 9. The molecular weight excluding hydrogens is 1240 g/mol. The molecule has 6 aromatic rings. The number of esters is 3. The van der Waals surface area contributed by atoms with E-state index >= 15 is 0 Å². The molecule has 7 N–H and O–H groups in total. The van der Waals surface area contributed by atoms with Crippen LogP contribution in [0.15, 0.2) is 70.5 Å². The number of amides is 6. The van der Waals surface area contributed by atoms with E-state index in [2.05, 4.69) is 65.9 Å². The summed E-state index contributed by atoms with van der Waals surface area (Å²) in [5, 5.41) is 18.4. The Hall–Kier alpha value is -10.8. The van der Waals surface area contributed by atoms with Crippen molar-refractivity contribution in [1.82, 2.24) is 50.5 Å². The zero-order chi connectivity index (χ0) is 68.7. The predicted molar refractivity (Wildman–Crippen MR) is 309 cm³/mol. The predicted octanol–water partition coefficient (Wildman–Crippen LogP) is 4.34. The minimum absolute atomic E-state index is 0.0900. The van der Waals surface area contributed by atoms with Crippen LogP contribution in [0.3, 0.4) is 0 Å². The number of aliphatic carboxylic acids is 1. The van der Waals surface area contributed by atoms with Crippen molar-refractivity contribution in [2.45, 2.75) is 117 Å². The number of halogens is 6. The number of aromatic nitrogens is 8. The van der Waals surface area contributed by atoms with Gasteiger partial charge in [-0.15, -0.1) is 0 Å². The summed E-state index contributed by atoms with van der Waals surface area (Å²) in [6.45, 7) is 9.88. The maximum Gasteiger partial charge on any atom is 0.471 e. The average molecular weight is 1300 g/mol. The van der Waals surface area contributed by atoms with Crippen molar-refractivity contribution in [2.24, 2.45) is 11.8 Å². The van der Waals surface area contributed by atoms with Gasteiger partial charge >= 0.3 is 48.0 Å². The zero-order valence-electron chi connectivity index (χ0n) is 50.2. The molecular formula is C56H60F6N14O16. The van der Waals surface area contributed by atoms with Crippen molar-refractivity contribution < 1.29 is 93.6 Å². The first-order chi connectivity index (χ1) is 42.9. The zero-order valence-corrected chi connectivity index (χ0v) is 50.2. The normalized spacial score (nSPS) is 12.1. The Morgan fingerprint density at radius 2 is 0.924 bits per heavy atom. The molecule has 6 amide bonds. The molecule has 0 saturated carbocycles. The molecule has 0 fully saturated rings. The largest absolute Gasteiger partial charge is 0.481 e. The molecule has 30 nitrogen and oxygen atoms in total. The van der Waals surface area contributed by atoms with Gasteiger partial charge in [-0.3, -0.25) is 78.3 Å². The molecule has 492 valence electrons. The molecule has 4 heterocycles. The van der Waals surface area contributed by atoms with Gasteiger partial charge in [-0.05, 0) is 82.1 Å². The number of hydrogen-bond donors (Lipinski definition) is 7. The highest BCUT2D eigenvalue weighted by Gasteiger charge is 2.44. The number of rotatable bonds is 22. The van der Waals surface area contributed by atoms with Gasteiger partial charge in [0.1, 0.15) is 17.7 Å². The van der Waals surface area contributed by atoms with E-state index in [1.54, 1.807) is 48.5 Å². The number of nitrogens with zero attached hydrogens (tertiary/aromatic N) is 8. The van der Waals surface area contributed by atoms with Crippen LogP contribution >= 0.6 is 0 Å². The number of aromatic amines is 2. The molecule has 0 aliphatic heterocycles. The lowest BCUT2D eigenvalue weighted by Crippen LogP contribution is -2.42. The van der Waals surface area contributed by atoms with Gasteiger partial charge < -0.3 is 30.0 Å². The molecule has 36 heteroatoms. The van der Waals surface area contributed by atoms with Crippen molar-refractivity contribution in [3.05, 3.63) is 104 Å². The molecule has 0 bridgehead atoms. The first-order valence-electron chi connectivity index (χ1n) is 27.2. The summed E-state index contributed by atoms with van der Waals surface area (Å²) in [7, 11) is 2.13. The van der Waals surface area contributed by atoms with E-state index in [0.29, 0.717) is 9.80 Å². The van der Waals surface area contributed by atoms with E-state index in [4.69, 9.17) is 14.6 Å². The Kier molecular flexibility index (Phi) is 23.9. The third-order valence-corrected chi connectivity index (χ3v) is 12.3. The molecule has 92 heavy (non-hydrogen) atoms. The highest BCUT2D eigenvalue weighted by molar-refractivity contribution is 6.01. The number of fused-ring (bicyclic) bond motifs is 2. The summed E-state index contributed by atoms with van der Waals surface area (Å²) in [4.78, 5) is 176. The summed E-state index contributed by atoms with van der Waals surface area (Å²) < 4.78 is 95.9. The van der Waals surface area contributed by atoms with Crippen LogP contribution in [0.25, 0.3) is 22.3 Å². The molecule has 0 unspecified atom stereocenters. The highest BCUT2D eigenvalue weighted by atomic mass is 19.4. The van der Waals surface area contributed by atoms with Crippen LogP contribution < -0.4 is 42.2 Å². The minimum atomic E-state index is -5.32. The third kappa shape index (κ3) is 20.3. The molecule has 0 spiro atoms. The van der Waals surface area contributed by atoms with E-state index in [1.807, 2.05) is 0 Å². The van der Waals surface area contributed by atoms with Crippen LogP contribution in [0.1, 0.15) is 106 Å². The molecule has 2 atom stereocenters. The molecule has 6 rings (SSSR count). The van der Waals surface area contributed by atoms with Crippen LogP contribution in [-0.4, -0.2) is 149 Å². The monoisotopic (exact) mass is 1300 g/mol. The standard InChI is InChI=1S/C30H34F3N7O8.C26H26F3N7O8/c1-15(2)23(42)38-28-37-22-21(25(44)39-28)35-17(13-34-22)14-40(27(46)30(31,32)33)18-9-7-16(8-10-18)24(43)36-19(26(45)47-6)11-12-20(41)48-29(3,4)5;1-12(2)20(39)34-25-33-19-18(22(41)35-25)31-14(10-30-19)11-36(24(43)26(27,28)29)15-6-4-13(5-7-15)21(40)32-16(23(42)44-3)8-9-17(37)38/h7-10,13,15,19H,11-12,14H2,1-6H3,(H,36,43)(H2,34,37,38,39,42,44);4-7,10,12,16H,8-9,11H2,1-3H3,(H,32,40)(H,37,38)(H2,30,33,34,35,39,41)/t19-;16-/m00/s1. The van der Waals surface area contributed by atoms with Crippen LogP contribution in [0.5, 0.6) is 0 Å². The molecule has 0 radical (unpaired) electrons. The molecule has 0 aliphatic rings. The Morgan fingerprint density at radius 3 is 1.24 bits per heavy atom. The number of anilines is 4. The first-order valence-corrected chi connectivity index (χ1v) is 27.2. The van der Waals surface area contributed by atoms with Crippen LogP contribution in [-0.2, 0) is 65.7 Å². The molecule has 4 aromatic heterocycles. The highest BCUT2D eigenvalue weighted by Crippen LogP contribution is 2.28. The third-order valence-electron chi connectivity index (χ3n) is 12.3. The second-order valence-electron chi connectivity index (χ2n) is 21.2. The average Bonchev–Trinajstić information content (AvgIpc) is 0.816. The van der Waals surface area contributed by atoms with E-state index in [1.165, 1.54) is 0 Å². The number of alkyl halides is 6. The van der Waals surface area contributed by atoms with Crippen molar-refractivity contribution in [3.8, 4) is 0 Å². The lowest BCUT2D eigenvalue weighted by molar-refractivity contribution is -0.170. The summed E-state index contributed by atoms with van der Waals surface area (Å²) in [6.07, 6.45) is -9.72. The van der Waals surface area contributed by atoms with Gasteiger partial charge in [0.15, 0.2) is 22.3 Å². The Balaban J connectivity index is 0.000000335. The van der Waals surface area contributed by atoms with E-state index < -0.39 is 132 Å². The lowest BCUT2D eigenvalue weighted by atomic mass is 10.1. The lowest BCUT2D eigenvalue weighted by Gasteiger charge is -2.24. The fourth-order valence-corrected chi connectivity index (χ4v) is 7.67. The number of methoxy groups -OCH3 is 2. The van der Waals surface area contributed by atoms with Gasteiger partial charge in [-0.25, -0.2) is 29.5 Å². The number of carboxylic acids is 1. The summed E-state index contributed by atoms with van der Waals surface area (Å²) >= 11 is 0. The number of carbonyl (C=O) groups is 10. The Labute approximate surface area is 515 Å². The van der Waals surface area contributed by atoms with Crippen LogP contribution in [0.2, 0.25) is 0 Å². The van der Waals surface area contributed by atoms with Gasteiger partial charge in [0, 0.05) is 47.2 Å². The van der Waals surface area contributed by atoms with Gasteiger partial charge in [0.2, 0.25) is 23.7 Å². The number of carboxylic acid groups (broad SMARTS) is 1. The van der Waals surface area contributed by atoms with E-state index in [0.717, 1.165) is 75.1 Å². The fourth-order valence-electron chi connectivity index (χ4n) is 7.67.